The Bertz CT molecular complexity index is 937. The Morgan fingerprint density at radius 2 is 1.74 bits per heavy atom. The summed E-state index contributed by atoms with van der Waals surface area (Å²) in [7, 11) is 0. The van der Waals surface area contributed by atoms with Gasteiger partial charge in [-0.3, -0.25) is 0 Å². The summed E-state index contributed by atoms with van der Waals surface area (Å²) in [5, 5.41) is 4.99. The van der Waals surface area contributed by atoms with Crippen LogP contribution in [-0.4, -0.2) is 29.7 Å². The van der Waals surface area contributed by atoms with Gasteiger partial charge in [-0.2, -0.15) is 0 Å². The van der Waals surface area contributed by atoms with E-state index in [0.29, 0.717) is 5.58 Å². The quantitative estimate of drug-likeness (QED) is 0.618. The Balaban J connectivity index is 1.26. The molecule has 1 saturated heterocycles. The Kier molecular flexibility index (Phi) is 5.30. The van der Waals surface area contributed by atoms with Crippen molar-refractivity contribution >= 4 is 17.0 Å². The van der Waals surface area contributed by atoms with Crippen molar-refractivity contribution in [3.63, 3.8) is 0 Å². The second-order valence-corrected chi connectivity index (χ2v) is 7.07. The smallest absolute Gasteiger partial charge is 0.170 e. The van der Waals surface area contributed by atoms with E-state index < -0.39 is 0 Å². The van der Waals surface area contributed by atoms with E-state index in [1.165, 1.54) is 29.8 Å². The Hall–Kier alpha value is -2.53. The van der Waals surface area contributed by atoms with Gasteiger partial charge in [0.25, 0.3) is 0 Å². The second-order valence-electron chi connectivity index (χ2n) is 7.07. The summed E-state index contributed by atoms with van der Waals surface area (Å²) in [4.78, 5) is 2.46. The molecule has 2 aromatic carbocycles. The van der Waals surface area contributed by atoms with Crippen molar-refractivity contribution in [2.24, 2.45) is 0 Å². The molecule has 0 unspecified atom stereocenters. The number of halogens is 2. The maximum Gasteiger partial charge on any atom is 0.170 e. The van der Waals surface area contributed by atoms with Crippen molar-refractivity contribution in [1.29, 1.82) is 0 Å². The van der Waals surface area contributed by atoms with E-state index in [0.717, 1.165) is 62.0 Å². The zero-order valence-corrected chi connectivity index (χ0v) is 15.1. The number of nitrogens with zero attached hydrogens (tertiary/aromatic N) is 2. The van der Waals surface area contributed by atoms with Gasteiger partial charge in [0.1, 0.15) is 11.6 Å². The first-order chi connectivity index (χ1) is 13.2. The van der Waals surface area contributed by atoms with Crippen LogP contribution >= 0.6 is 0 Å². The largest absolute Gasteiger partial charge is 0.356 e. The molecule has 1 aliphatic heterocycles. The van der Waals surface area contributed by atoms with Gasteiger partial charge in [-0.1, -0.05) is 28.9 Å². The number of hydrogen-bond donors (Lipinski definition) is 0. The SMILES string of the molecule is Fc1ccc(C=C2CCN(CCCc3noc4cc(F)ccc34)CC2)cc1. The summed E-state index contributed by atoms with van der Waals surface area (Å²) in [5.74, 6) is -0.500. The minimum Gasteiger partial charge on any atom is -0.356 e. The molecule has 1 fully saturated rings. The highest BCUT2D eigenvalue weighted by Crippen LogP contribution is 2.22. The van der Waals surface area contributed by atoms with Crippen molar-refractivity contribution in [2.45, 2.75) is 25.7 Å². The average molecular weight is 368 g/mol. The predicted octanol–water partition coefficient (Wildman–Crippen LogP) is 5.22. The fraction of sp³-hybridized carbons (Fsp3) is 0.318. The lowest BCUT2D eigenvalue weighted by Gasteiger charge is -2.28. The number of benzene rings is 2. The van der Waals surface area contributed by atoms with Crippen LogP contribution in [0.2, 0.25) is 0 Å². The summed E-state index contributed by atoms with van der Waals surface area (Å²) in [6, 6.07) is 11.2. The first-order valence-electron chi connectivity index (χ1n) is 9.38. The Morgan fingerprint density at radius 3 is 2.52 bits per heavy atom. The first-order valence-corrected chi connectivity index (χ1v) is 9.38. The van der Waals surface area contributed by atoms with E-state index in [1.54, 1.807) is 6.07 Å². The summed E-state index contributed by atoms with van der Waals surface area (Å²) in [5.41, 5.74) is 3.90. The third-order valence-corrected chi connectivity index (χ3v) is 5.14. The van der Waals surface area contributed by atoms with Crippen LogP contribution in [0, 0.1) is 11.6 Å². The molecule has 0 atom stereocenters. The van der Waals surface area contributed by atoms with Gasteiger partial charge < -0.3 is 9.42 Å². The molecule has 140 valence electrons. The molecule has 4 rings (SSSR count). The number of piperidine rings is 1. The minimum absolute atomic E-state index is 0.197. The normalized spacial score (nSPS) is 15.4. The molecule has 1 aromatic heterocycles. The lowest BCUT2D eigenvalue weighted by Crippen LogP contribution is -2.31. The third-order valence-electron chi connectivity index (χ3n) is 5.14. The number of rotatable bonds is 5. The number of fused-ring (bicyclic) bond motifs is 1. The standard InChI is InChI=1S/C22H22F2N2O/c23-18-5-3-16(4-6-18)14-17-9-12-26(13-10-17)11-1-2-21-20-8-7-19(24)15-22(20)27-25-21/h3-8,14-15H,1-2,9-13H2. The number of likely N-dealkylation sites (tertiary alicyclic amines) is 1. The lowest BCUT2D eigenvalue weighted by molar-refractivity contribution is 0.253. The monoisotopic (exact) mass is 368 g/mol. The molecule has 2 heterocycles. The van der Waals surface area contributed by atoms with Gasteiger partial charge in [0.15, 0.2) is 5.58 Å². The molecule has 0 radical (unpaired) electrons. The summed E-state index contributed by atoms with van der Waals surface area (Å²) < 4.78 is 31.4. The molecule has 1 aliphatic rings. The van der Waals surface area contributed by atoms with Crippen molar-refractivity contribution in [3.8, 4) is 0 Å². The van der Waals surface area contributed by atoms with Crippen LogP contribution in [0.1, 0.15) is 30.5 Å². The van der Waals surface area contributed by atoms with Crippen LogP contribution in [0.15, 0.2) is 52.6 Å². The van der Waals surface area contributed by atoms with Gasteiger partial charge in [0.2, 0.25) is 0 Å². The maximum absolute atomic E-state index is 13.2. The molecular formula is C22H22F2N2O. The Morgan fingerprint density at radius 1 is 1.00 bits per heavy atom. The molecule has 27 heavy (non-hydrogen) atoms. The van der Waals surface area contributed by atoms with E-state index in [9.17, 15) is 8.78 Å². The van der Waals surface area contributed by atoms with Crippen molar-refractivity contribution in [3.05, 3.63) is 70.9 Å². The molecule has 0 spiro atoms. The highest BCUT2D eigenvalue weighted by molar-refractivity contribution is 5.79. The third kappa shape index (κ3) is 4.42. The minimum atomic E-state index is -0.303. The van der Waals surface area contributed by atoms with Crippen molar-refractivity contribution < 1.29 is 13.3 Å². The van der Waals surface area contributed by atoms with Gasteiger partial charge in [-0.05, 0) is 62.1 Å². The van der Waals surface area contributed by atoms with Gasteiger partial charge in [0.05, 0.1) is 5.69 Å². The molecule has 3 nitrogen and oxygen atoms in total. The number of aryl methyl sites for hydroxylation is 1. The summed E-state index contributed by atoms with van der Waals surface area (Å²) >= 11 is 0. The lowest BCUT2D eigenvalue weighted by atomic mass is 10.0. The number of hydrogen-bond acceptors (Lipinski definition) is 3. The predicted molar refractivity (Wildman–Crippen MR) is 102 cm³/mol. The molecule has 0 N–H and O–H groups in total. The van der Waals surface area contributed by atoms with Gasteiger partial charge in [0, 0.05) is 24.5 Å². The zero-order chi connectivity index (χ0) is 18.6. The second kappa shape index (κ2) is 8.01. The molecule has 3 aromatic rings. The van der Waals surface area contributed by atoms with Gasteiger partial charge in [-0.15, -0.1) is 0 Å². The fourth-order valence-corrected chi connectivity index (χ4v) is 3.62. The molecular weight excluding hydrogens is 346 g/mol. The van der Waals surface area contributed by atoms with Crippen LogP contribution in [0.3, 0.4) is 0 Å². The average Bonchev–Trinajstić information content (AvgIpc) is 3.07. The molecule has 0 aliphatic carbocycles. The van der Waals surface area contributed by atoms with Crippen LogP contribution in [0.4, 0.5) is 8.78 Å². The van der Waals surface area contributed by atoms with Crippen LogP contribution in [-0.2, 0) is 6.42 Å². The molecule has 0 bridgehead atoms. The van der Waals surface area contributed by atoms with Gasteiger partial charge >= 0.3 is 0 Å². The first kappa shape index (κ1) is 17.9. The van der Waals surface area contributed by atoms with Crippen LogP contribution in [0.25, 0.3) is 17.0 Å². The van der Waals surface area contributed by atoms with Crippen LogP contribution < -0.4 is 0 Å². The maximum atomic E-state index is 13.2. The van der Waals surface area contributed by atoms with E-state index in [1.807, 2.05) is 12.1 Å². The van der Waals surface area contributed by atoms with E-state index in [4.69, 9.17) is 4.52 Å². The molecule has 0 saturated carbocycles. The van der Waals surface area contributed by atoms with Crippen molar-refractivity contribution in [2.75, 3.05) is 19.6 Å². The van der Waals surface area contributed by atoms with E-state index in [-0.39, 0.29) is 11.6 Å². The highest BCUT2D eigenvalue weighted by atomic mass is 19.1. The zero-order valence-electron chi connectivity index (χ0n) is 15.1. The van der Waals surface area contributed by atoms with E-state index >= 15 is 0 Å². The topological polar surface area (TPSA) is 29.3 Å². The van der Waals surface area contributed by atoms with Gasteiger partial charge in [-0.25, -0.2) is 8.78 Å². The van der Waals surface area contributed by atoms with Crippen LogP contribution in [0.5, 0.6) is 0 Å². The number of aromatic nitrogens is 1. The summed E-state index contributed by atoms with van der Waals surface area (Å²) in [6.45, 7) is 3.09. The van der Waals surface area contributed by atoms with E-state index in [2.05, 4.69) is 16.1 Å². The summed E-state index contributed by atoms with van der Waals surface area (Å²) in [6.07, 6.45) is 6.09. The fourth-order valence-electron chi connectivity index (χ4n) is 3.62. The van der Waals surface area contributed by atoms with Crippen molar-refractivity contribution in [1.82, 2.24) is 10.1 Å². The molecule has 0 amide bonds. The highest BCUT2D eigenvalue weighted by Gasteiger charge is 2.15. The Labute approximate surface area is 157 Å². The molecule has 5 heteroatoms.